The zero-order chi connectivity index (χ0) is 24.4. The number of fused-ring (bicyclic) bond motifs is 1. The number of esters is 2. The number of aromatic amines is 1. The summed E-state index contributed by atoms with van der Waals surface area (Å²) in [4.78, 5) is 51.8. The molecule has 4 rings (SSSR count). The van der Waals surface area contributed by atoms with E-state index in [2.05, 4.69) is 4.98 Å². The maximum atomic E-state index is 12.9. The minimum absolute atomic E-state index is 0.100. The van der Waals surface area contributed by atoms with Gasteiger partial charge in [0.1, 0.15) is 0 Å². The van der Waals surface area contributed by atoms with Crippen LogP contribution in [-0.2, 0) is 9.47 Å². The maximum Gasteiger partial charge on any atom is 0.339 e. The van der Waals surface area contributed by atoms with Crippen LogP contribution in [0.3, 0.4) is 0 Å². The van der Waals surface area contributed by atoms with Crippen LogP contribution in [0.4, 0.5) is 0 Å². The van der Waals surface area contributed by atoms with Crippen molar-refractivity contribution < 1.29 is 23.9 Å². The molecule has 0 saturated heterocycles. The number of hydrogen-bond acceptors (Lipinski definition) is 6. The quantitative estimate of drug-likeness (QED) is 0.348. The Balaban J connectivity index is 1.54. The number of ether oxygens (including phenoxy) is 2. The Morgan fingerprint density at radius 1 is 0.912 bits per heavy atom. The van der Waals surface area contributed by atoms with Crippen molar-refractivity contribution in [1.29, 1.82) is 0 Å². The zero-order valence-electron chi connectivity index (χ0n) is 18.9. The Bertz CT molecular complexity index is 1480. The van der Waals surface area contributed by atoms with Crippen LogP contribution in [0.2, 0.25) is 0 Å². The van der Waals surface area contributed by atoms with Gasteiger partial charge in [0.05, 0.1) is 18.2 Å². The molecule has 172 valence electrons. The molecule has 0 amide bonds. The third kappa shape index (κ3) is 4.25. The van der Waals surface area contributed by atoms with Crippen LogP contribution in [0.1, 0.15) is 42.5 Å². The summed E-state index contributed by atoms with van der Waals surface area (Å²) >= 11 is 0. The summed E-state index contributed by atoms with van der Waals surface area (Å²) in [6.07, 6.45) is 0. The maximum absolute atomic E-state index is 12.9. The Hall–Kier alpha value is -4.46. The number of nitrogens with one attached hydrogen (secondary N) is 1. The van der Waals surface area contributed by atoms with E-state index in [9.17, 15) is 19.2 Å². The van der Waals surface area contributed by atoms with Crippen LogP contribution >= 0.6 is 0 Å². The van der Waals surface area contributed by atoms with E-state index in [0.29, 0.717) is 27.7 Å². The molecule has 0 radical (unpaired) electrons. The number of aromatic nitrogens is 2. The predicted molar refractivity (Wildman–Crippen MR) is 126 cm³/mol. The molecular weight excluding hydrogens is 436 g/mol. The van der Waals surface area contributed by atoms with Gasteiger partial charge in [0.15, 0.2) is 6.61 Å². The molecule has 8 heteroatoms. The van der Waals surface area contributed by atoms with Crippen molar-refractivity contribution in [3.05, 3.63) is 99.1 Å². The molecule has 2 heterocycles. The number of hydrogen-bond donors (Lipinski definition) is 1. The highest BCUT2D eigenvalue weighted by Gasteiger charge is 2.20. The highest BCUT2D eigenvalue weighted by atomic mass is 16.5. The third-order valence-corrected chi connectivity index (χ3v) is 5.58. The number of para-hydroxylation sites is 1. The Labute approximate surface area is 194 Å². The van der Waals surface area contributed by atoms with Crippen LogP contribution in [0.25, 0.3) is 16.6 Å². The number of rotatable bonds is 6. The lowest BCUT2D eigenvalue weighted by atomic mass is 10.1. The fraction of sp³-hybridized carbons (Fsp3) is 0.154. The largest absolute Gasteiger partial charge is 0.465 e. The summed E-state index contributed by atoms with van der Waals surface area (Å²) in [5, 5.41) is 0.535. The van der Waals surface area contributed by atoms with Crippen LogP contribution in [0, 0.1) is 13.8 Å². The number of pyridine rings is 1. The van der Waals surface area contributed by atoms with E-state index in [1.165, 1.54) is 13.2 Å². The number of Topliss-reactive ketones (excluding diaryl/α,β-unsaturated/α-hetero) is 1. The van der Waals surface area contributed by atoms with E-state index < -0.39 is 24.1 Å². The van der Waals surface area contributed by atoms with Gasteiger partial charge in [-0.3, -0.25) is 9.59 Å². The topological polar surface area (TPSA) is 107 Å². The first-order valence-electron chi connectivity index (χ1n) is 10.5. The van der Waals surface area contributed by atoms with Gasteiger partial charge in [-0.15, -0.1) is 0 Å². The van der Waals surface area contributed by atoms with E-state index >= 15 is 0 Å². The summed E-state index contributed by atoms with van der Waals surface area (Å²) in [5.41, 5.74) is 3.26. The van der Waals surface area contributed by atoms with Gasteiger partial charge in [-0.25, -0.2) is 9.59 Å². The van der Waals surface area contributed by atoms with E-state index in [-0.39, 0.29) is 11.3 Å². The molecule has 0 fully saturated rings. The van der Waals surface area contributed by atoms with Crippen molar-refractivity contribution in [2.24, 2.45) is 0 Å². The number of nitrogens with zero attached hydrogens (tertiary/aromatic N) is 1. The zero-order valence-corrected chi connectivity index (χ0v) is 18.9. The number of H-pyrrole nitrogens is 1. The first kappa shape index (κ1) is 22.7. The fourth-order valence-electron chi connectivity index (χ4n) is 3.97. The van der Waals surface area contributed by atoms with Crippen molar-refractivity contribution in [1.82, 2.24) is 9.55 Å². The molecule has 0 saturated carbocycles. The second kappa shape index (κ2) is 9.19. The lowest BCUT2D eigenvalue weighted by Crippen LogP contribution is -2.17. The van der Waals surface area contributed by atoms with E-state index in [4.69, 9.17) is 9.47 Å². The van der Waals surface area contributed by atoms with Gasteiger partial charge in [0.2, 0.25) is 11.3 Å². The van der Waals surface area contributed by atoms with Gasteiger partial charge < -0.3 is 19.0 Å². The minimum atomic E-state index is -0.747. The number of ketones is 1. The van der Waals surface area contributed by atoms with Crippen molar-refractivity contribution in [3.63, 3.8) is 0 Å². The molecule has 0 aliphatic carbocycles. The van der Waals surface area contributed by atoms with Gasteiger partial charge in [-0.05, 0) is 50.2 Å². The first-order valence-corrected chi connectivity index (χ1v) is 10.5. The van der Waals surface area contributed by atoms with Crippen LogP contribution < -0.4 is 5.56 Å². The minimum Gasteiger partial charge on any atom is -0.465 e. The molecule has 4 aromatic rings. The third-order valence-electron chi connectivity index (χ3n) is 5.58. The van der Waals surface area contributed by atoms with Crippen molar-refractivity contribution in [3.8, 4) is 5.69 Å². The molecule has 0 atom stereocenters. The molecule has 8 nitrogen and oxygen atoms in total. The summed E-state index contributed by atoms with van der Waals surface area (Å²) in [6, 6.07) is 16.6. The number of aryl methyl sites for hydroxylation is 1. The molecule has 34 heavy (non-hydrogen) atoms. The van der Waals surface area contributed by atoms with Crippen LogP contribution in [-0.4, -0.2) is 41.0 Å². The van der Waals surface area contributed by atoms with Gasteiger partial charge >= 0.3 is 11.9 Å². The van der Waals surface area contributed by atoms with Gasteiger partial charge in [0.25, 0.3) is 0 Å². The molecular formula is C26H22N2O6. The molecule has 0 unspecified atom stereocenters. The number of methoxy groups -OCH3 is 1. The molecule has 2 aromatic carbocycles. The van der Waals surface area contributed by atoms with Crippen molar-refractivity contribution in [2.45, 2.75) is 13.8 Å². The molecule has 1 N–H and O–H groups in total. The molecule has 0 aliphatic heterocycles. The molecule has 0 aliphatic rings. The summed E-state index contributed by atoms with van der Waals surface area (Å²) in [7, 11) is 1.32. The normalized spacial score (nSPS) is 10.8. The van der Waals surface area contributed by atoms with E-state index in [0.717, 1.165) is 11.4 Å². The second-order valence-corrected chi connectivity index (χ2v) is 7.75. The average Bonchev–Trinajstić information content (AvgIpc) is 3.15. The van der Waals surface area contributed by atoms with Crippen LogP contribution in [0.15, 0.2) is 65.5 Å². The lowest BCUT2D eigenvalue weighted by Gasteiger charge is -2.11. The standard InChI is InChI=1S/C26H22N2O6/c1-15-12-20(16(2)28(15)18-10-8-17(9-11-18)25(31)33-3)23(29)14-34-26(32)21-13-24(30)27-22-7-5-4-6-19(21)22/h4-13H,14H2,1-3H3,(H,27,30). The fourth-order valence-corrected chi connectivity index (χ4v) is 3.97. The molecule has 0 spiro atoms. The average molecular weight is 458 g/mol. The molecule has 0 bridgehead atoms. The smallest absolute Gasteiger partial charge is 0.339 e. The van der Waals surface area contributed by atoms with E-state index in [1.807, 2.05) is 11.5 Å². The number of carbonyl (C=O) groups is 3. The van der Waals surface area contributed by atoms with Gasteiger partial charge in [-0.2, -0.15) is 0 Å². The highest BCUT2D eigenvalue weighted by molar-refractivity contribution is 6.05. The van der Waals surface area contributed by atoms with Crippen molar-refractivity contribution in [2.75, 3.05) is 13.7 Å². The summed E-state index contributed by atoms with van der Waals surface area (Å²) in [6.45, 7) is 3.18. The Morgan fingerprint density at radius 2 is 1.62 bits per heavy atom. The monoisotopic (exact) mass is 458 g/mol. The Kier molecular flexibility index (Phi) is 6.14. The second-order valence-electron chi connectivity index (χ2n) is 7.75. The van der Waals surface area contributed by atoms with Gasteiger partial charge in [0, 0.05) is 39.6 Å². The predicted octanol–water partition coefficient (Wildman–Crippen LogP) is 3.76. The van der Waals surface area contributed by atoms with E-state index in [1.54, 1.807) is 61.5 Å². The number of benzene rings is 2. The number of carbonyl (C=O) groups excluding carboxylic acids is 3. The molecule has 2 aromatic heterocycles. The summed E-state index contributed by atoms with van der Waals surface area (Å²) < 4.78 is 11.9. The SMILES string of the molecule is COC(=O)c1ccc(-n2c(C)cc(C(=O)COC(=O)c3cc(=O)[nH]c4ccccc34)c2C)cc1. The Morgan fingerprint density at radius 3 is 2.32 bits per heavy atom. The summed E-state index contributed by atoms with van der Waals surface area (Å²) in [5.74, 6) is -1.55. The first-order chi connectivity index (χ1) is 16.3. The van der Waals surface area contributed by atoms with Crippen molar-refractivity contribution >= 4 is 28.6 Å². The van der Waals surface area contributed by atoms with Crippen LogP contribution in [0.5, 0.6) is 0 Å². The highest BCUT2D eigenvalue weighted by Crippen LogP contribution is 2.22. The lowest BCUT2D eigenvalue weighted by molar-refractivity contribution is 0.0476. The van der Waals surface area contributed by atoms with Gasteiger partial charge in [-0.1, -0.05) is 18.2 Å².